The van der Waals surface area contributed by atoms with Crippen LogP contribution in [0.25, 0.3) is 10.9 Å². The van der Waals surface area contributed by atoms with E-state index in [1.165, 1.54) is 37.0 Å². The number of aromatic amines is 1. The molecule has 3 rings (SSSR count). The van der Waals surface area contributed by atoms with Crippen molar-refractivity contribution in [2.24, 2.45) is 0 Å². The Morgan fingerprint density at radius 1 is 1.39 bits per heavy atom. The highest BCUT2D eigenvalue weighted by Gasteiger charge is 2.18. The third-order valence-corrected chi connectivity index (χ3v) is 4.44. The number of fused-ring (bicyclic) bond motifs is 1. The molecule has 2 heterocycles. The molecule has 1 aromatic carbocycles. The Balaban J connectivity index is 1.71. The van der Waals surface area contributed by atoms with E-state index in [0.29, 0.717) is 6.04 Å². The first kappa shape index (κ1) is 11.9. The van der Waals surface area contributed by atoms with Gasteiger partial charge >= 0.3 is 0 Å². The van der Waals surface area contributed by atoms with Crippen molar-refractivity contribution in [2.75, 3.05) is 24.7 Å². The van der Waals surface area contributed by atoms with Crippen LogP contribution in [0.1, 0.15) is 12.8 Å². The Hall–Kier alpha value is -1.20. The summed E-state index contributed by atoms with van der Waals surface area (Å²) in [4.78, 5) is 0. The quantitative estimate of drug-likeness (QED) is 0.835. The van der Waals surface area contributed by atoms with E-state index in [0.717, 1.165) is 5.52 Å². The average Bonchev–Trinajstić information content (AvgIpc) is 2.89. The molecular formula is C13H18N4S. The molecule has 0 amide bonds. The smallest absolute Gasteiger partial charge is 0.0671 e. The lowest BCUT2D eigenvalue weighted by Crippen LogP contribution is -2.35. The van der Waals surface area contributed by atoms with Gasteiger partial charge in [-0.05, 0) is 31.2 Å². The standard InChI is InChI=1S/C13H18N4S/c1-18-17-7-5-10(6-8-17)15-12-3-2-4-13-11(12)9-14-16-13/h2-4,9-10,15H,5-8H2,1H3,(H,14,16). The zero-order valence-electron chi connectivity index (χ0n) is 10.5. The van der Waals surface area contributed by atoms with Gasteiger partial charge in [0.25, 0.3) is 0 Å². The van der Waals surface area contributed by atoms with Crippen LogP contribution in [0.4, 0.5) is 5.69 Å². The Kier molecular flexibility index (Phi) is 3.43. The van der Waals surface area contributed by atoms with Crippen LogP contribution in [0.5, 0.6) is 0 Å². The summed E-state index contributed by atoms with van der Waals surface area (Å²) < 4.78 is 2.43. The molecule has 0 aliphatic carbocycles. The molecule has 0 unspecified atom stereocenters. The molecule has 5 heteroatoms. The van der Waals surface area contributed by atoms with Crippen molar-refractivity contribution in [3.8, 4) is 0 Å². The molecule has 4 nitrogen and oxygen atoms in total. The zero-order chi connectivity index (χ0) is 12.4. The third kappa shape index (κ3) is 2.33. The molecule has 0 radical (unpaired) electrons. The van der Waals surface area contributed by atoms with Crippen molar-refractivity contribution >= 4 is 28.5 Å². The van der Waals surface area contributed by atoms with Gasteiger partial charge in [0, 0.05) is 30.2 Å². The summed E-state index contributed by atoms with van der Waals surface area (Å²) in [5, 5.41) is 12.0. The van der Waals surface area contributed by atoms with Crippen molar-refractivity contribution in [1.29, 1.82) is 0 Å². The fourth-order valence-corrected chi connectivity index (χ4v) is 3.07. The lowest BCUT2D eigenvalue weighted by Gasteiger charge is -2.31. The van der Waals surface area contributed by atoms with Gasteiger partial charge in [-0.15, -0.1) is 0 Å². The summed E-state index contributed by atoms with van der Waals surface area (Å²) in [5.41, 5.74) is 2.30. The van der Waals surface area contributed by atoms with Gasteiger partial charge in [0.15, 0.2) is 0 Å². The Morgan fingerprint density at radius 2 is 2.22 bits per heavy atom. The van der Waals surface area contributed by atoms with E-state index in [9.17, 15) is 0 Å². The van der Waals surface area contributed by atoms with Crippen molar-refractivity contribution in [1.82, 2.24) is 14.5 Å². The third-order valence-electron chi connectivity index (χ3n) is 3.56. The van der Waals surface area contributed by atoms with Crippen LogP contribution in [-0.4, -0.2) is 39.9 Å². The fraction of sp³-hybridized carbons (Fsp3) is 0.462. The van der Waals surface area contributed by atoms with Gasteiger partial charge in [-0.25, -0.2) is 0 Å². The highest BCUT2D eigenvalue weighted by atomic mass is 32.2. The number of anilines is 1. The number of nitrogens with zero attached hydrogens (tertiary/aromatic N) is 2. The molecule has 0 atom stereocenters. The van der Waals surface area contributed by atoms with Crippen LogP contribution in [0.2, 0.25) is 0 Å². The second-order valence-corrected chi connectivity index (χ2v) is 5.55. The fourth-order valence-electron chi connectivity index (χ4n) is 2.50. The van der Waals surface area contributed by atoms with Gasteiger partial charge in [-0.2, -0.15) is 5.10 Å². The second kappa shape index (κ2) is 5.20. The molecule has 0 spiro atoms. The number of aromatic nitrogens is 2. The molecule has 1 aliphatic heterocycles. The van der Waals surface area contributed by atoms with E-state index in [1.54, 1.807) is 0 Å². The summed E-state index contributed by atoms with van der Waals surface area (Å²) in [5.74, 6) is 0. The number of nitrogens with one attached hydrogen (secondary N) is 2. The van der Waals surface area contributed by atoms with Crippen molar-refractivity contribution in [3.63, 3.8) is 0 Å². The van der Waals surface area contributed by atoms with Gasteiger partial charge < -0.3 is 5.32 Å². The molecule has 96 valence electrons. The molecule has 1 fully saturated rings. The average molecular weight is 262 g/mol. The summed E-state index contributed by atoms with van der Waals surface area (Å²) in [6, 6.07) is 6.84. The lowest BCUT2D eigenvalue weighted by molar-refractivity contribution is 0.359. The van der Waals surface area contributed by atoms with Crippen LogP contribution in [0.3, 0.4) is 0 Å². The first-order chi connectivity index (χ1) is 8.86. The zero-order valence-corrected chi connectivity index (χ0v) is 11.3. The van der Waals surface area contributed by atoms with Crippen molar-refractivity contribution in [3.05, 3.63) is 24.4 Å². The van der Waals surface area contributed by atoms with E-state index < -0.39 is 0 Å². The first-order valence-electron chi connectivity index (χ1n) is 6.34. The van der Waals surface area contributed by atoms with Crippen LogP contribution in [0.15, 0.2) is 24.4 Å². The minimum absolute atomic E-state index is 0.578. The number of rotatable bonds is 3. The molecule has 1 saturated heterocycles. The molecule has 2 N–H and O–H groups in total. The van der Waals surface area contributed by atoms with E-state index in [1.807, 2.05) is 18.1 Å². The Bertz CT molecular complexity index is 516. The van der Waals surface area contributed by atoms with E-state index in [-0.39, 0.29) is 0 Å². The molecule has 1 aliphatic rings. The summed E-state index contributed by atoms with van der Waals surface area (Å²) in [6.07, 6.45) is 6.46. The number of H-pyrrole nitrogens is 1. The molecule has 0 saturated carbocycles. The van der Waals surface area contributed by atoms with Gasteiger partial charge in [0.2, 0.25) is 0 Å². The molecular weight excluding hydrogens is 244 g/mol. The maximum atomic E-state index is 4.10. The summed E-state index contributed by atoms with van der Waals surface area (Å²) in [7, 11) is 0. The normalized spacial score (nSPS) is 18.3. The maximum Gasteiger partial charge on any atom is 0.0671 e. The minimum Gasteiger partial charge on any atom is -0.382 e. The topological polar surface area (TPSA) is 44.0 Å². The van der Waals surface area contributed by atoms with Gasteiger partial charge in [0.05, 0.1) is 11.7 Å². The predicted octanol–water partition coefficient (Wildman–Crippen LogP) is 2.72. The summed E-state index contributed by atoms with van der Waals surface area (Å²) in [6.45, 7) is 2.33. The van der Waals surface area contributed by atoms with Crippen LogP contribution in [-0.2, 0) is 0 Å². The Morgan fingerprint density at radius 3 is 3.00 bits per heavy atom. The van der Waals surface area contributed by atoms with Gasteiger partial charge in [-0.1, -0.05) is 18.0 Å². The maximum absolute atomic E-state index is 4.10. The highest BCUT2D eigenvalue weighted by molar-refractivity contribution is 7.96. The first-order valence-corrected chi connectivity index (χ1v) is 7.52. The van der Waals surface area contributed by atoms with Crippen molar-refractivity contribution < 1.29 is 0 Å². The van der Waals surface area contributed by atoms with E-state index in [4.69, 9.17) is 0 Å². The van der Waals surface area contributed by atoms with Crippen LogP contribution in [0, 0.1) is 0 Å². The summed E-state index contributed by atoms with van der Waals surface area (Å²) >= 11 is 1.85. The number of hydrogen-bond donors (Lipinski definition) is 2. The predicted molar refractivity (Wildman–Crippen MR) is 77.8 cm³/mol. The van der Waals surface area contributed by atoms with Crippen molar-refractivity contribution in [2.45, 2.75) is 18.9 Å². The number of benzene rings is 1. The molecule has 18 heavy (non-hydrogen) atoms. The Labute approximate surface area is 111 Å². The highest BCUT2D eigenvalue weighted by Crippen LogP contribution is 2.25. The van der Waals surface area contributed by atoms with E-state index in [2.05, 4.69) is 44.3 Å². The molecule has 0 bridgehead atoms. The van der Waals surface area contributed by atoms with Crippen LogP contribution < -0.4 is 5.32 Å². The second-order valence-electron chi connectivity index (χ2n) is 4.67. The SMILES string of the molecule is CSN1CCC(Nc2cccc3[nH]ncc23)CC1. The van der Waals surface area contributed by atoms with Gasteiger partial charge in [0.1, 0.15) is 0 Å². The van der Waals surface area contributed by atoms with Crippen LogP contribution >= 0.6 is 11.9 Å². The number of hydrogen-bond acceptors (Lipinski definition) is 4. The number of piperidine rings is 1. The minimum atomic E-state index is 0.578. The molecule has 1 aromatic heterocycles. The van der Waals surface area contributed by atoms with Gasteiger partial charge in [-0.3, -0.25) is 9.40 Å². The monoisotopic (exact) mass is 262 g/mol. The lowest BCUT2D eigenvalue weighted by atomic mass is 10.1. The largest absolute Gasteiger partial charge is 0.382 e. The molecule has 2 aromatic rings. The van der Waals surface area contributed by atoms with E-state index >= 15 is 0 Å².